The van der Waals surface area contributed by atoms with E-state index in [1.54, 1.807) is 18.3 Å². The van der Waals surface area contributed by atoms with Gasteiger partial charge < -0.3 is 10.1 Å². The minimum Gasteiger partial charge on any atom is -0.406 e. The average Bonchev–Trinajstić information content (AvgIpc) is 2.36. The number of ether oxygens (including phenoxy) is 1. The Morgan fingerprint density at radius 1 is 1.15 bits per heavy atom. The Hall–Kier alpha value is -2.24. The normalized spacial score (nSPS) is 11.2. The minimum atomic E-state index is -4.66. The smallest absolute Gasteiger partial charge is 0.406 e. The number of aryl methyl sites for hydroxylation is 1. The van der Waals surface area contributed by atoms with Crippen molar-refractivity contribution in [2.24, 2.45) is 0 Å². The summed E-state index contributed by atoms with van der Waals surface area (Å²) in [6.45, 7) is 2.43. The number of rotatable bonds is 4. The molecule has 0 aliphatic carbocycles. The molecule has 1 heterocycles. The van der Waals surface area contributed by atoms with E-state index >= 15 is 0 Å². The van der Waals surface area contributed by atoms with Crippen LogP contribution in [0.1, 0.15) is 11.1 Å². The first-order valence-corrected chi connectivity index (χ1v) is 5.93. The van der Waals surface area contributed by atoms with Crippen LogP contribution < -0.4 is 10.1 Å². The topological polar surface area (TPSA) is 34.2 Å². The molecule has 1 N–H and O–H groups in total. The standard InChI is InChI=1S/C14H13F3N2O/c1-10-6-7-18-13(8-10)19-9-11-2-4-12(5-3-11)20-14(15,16)17/h2-8H,9H2,1H3,(H,18,19). The molecule has 6 heteroatoms. The zero-order valence-electron chi connectivity index (χ0n) is 10.7. The molecule has 0 aliphatic rings. The summed E-state index contributed by atoms with van der Waals surface area (Å²) in [5.74, 6) is 0.496. The third-order valence-corrected chi connectivity index (χ3v) is 2.55. The van der Waals surface area contributed by atoms with Crippen molar-refractivity contribution in [2.45, 2.75) is 19.8 Å². The summed E-state index contributed by atoms with van der Waals surface area (Å²) in [5, 5.41) is 3.10. The fourth-order valence-corrected chi connectivity index (χ4v) is 1.63. The quantitative estimate of drug-likeness (QED) is 0.923. The molecular weight excluding hydrogens is 269 g/mol. The first-order chi connectivity index (χ1) is 9.42. The summed E-state index contributed by atoms with van der Waals surface area (Å²) in [6.07, 6.45) is -2.97. The van der Waals surface area contributed by atoms with Crippen LogP contribution in [0.25, 0.3) is 0 Å². The van der Waals surface area contributed by atoms with E-state index in [0.29, 0.717) is 6.54 Å². The van der Waals surface area contributed by atoms with Gasteiger partial charge in [0.25, 0.3) is 0 Å². The molecule has 0 radical (unpaired) electrons. The molecule has 0 saturated heterocycles. The van der Waals surface area contributed by atoms with E-state index < -0.39 is 6.36 Å². The molecule has 0 unspecified atom stereocenters. The van der Waals surface area contributed by atoms with Crippen LogP contribution in [-0.2, 0) is 6.54 Å². The van der Waals surface area contributed by atoms with Crippen molar-refractivity contribution in [3.05, 3.63) is 53.7 Å². The predicted molar refractivity (Wildman–Crippen MR) is 69.4 cm³/mol. The zero-order chi connectivity index (χ0) is 14.6. The van der Waals surface area contributed by atoms with Gasteiger partial charge in [-0.3, -0.25) is 0 Å². The van der Waals surface area contributed by atoms with Gasteiger partial charge in [0.2, 0.25) is 0 Å². The lowest BCUT2D eigenvalue weighted by Gasteiger charge is -2.10. The third-order valence-electron chi connectivity index (χ3n) is 2.55. The van der Waals surface area contributed by atoms with Crippen LogP contribution in [0.2, 0.25) is 0 Å². The fraction of sp³-hybridized carbons (Fsp3) is 0.214. The molecule has 0 bridgehead atoms. The maximum atomic E-state index is 12.0. The van der Waals surface area contributed by atoms with Gasteiger partial charge in [0.05, 0.1) is 0 Å². The van der Waals surface area contributed by atoms with E-state index in [1.165, 1.54) is 12.1 Å². The van der Waals surface area contributed by atoms with Crippen molar-refractivity contribution in [2.75, 3.05) is 5.32 Å². The number of nitrogens with one attached hydrogen (secondary N) is 1. The van der Waals surface area contributed by atoms with E-state index in [2.05, 4.69) is 15.0 Å². The number of pyridine rings is 1. The van der Waals surface area contributed by atoms with Gasteiger partial charge in [-0.15, -0.1) is 13.2 Å². The second-order valence-electron chi connectivity index (χ2n) is 4.26. The molecule has 106 valence electrons. The molecule has 0 amide bonds. The molecule has 0 saturated carbocycles. The van der Waals surface area contributed by atoms with Crippen LogP contribution in [0.4, 0.5) is 19.0 Å². The van der Waals surface area contributed by atoms with Crippen LogP contribution >= 0.6 is 0 Å². The number of hydrogen-bond donors (Lipinski definition) is 1. The summed E-state index contributed by atoms with van der Waals surface area (Å²) in [7, 11) is 0. The Labute approximate surface area is 114 Å². The van der Waals surface area contributed by atoms with E-state index in [1.807, 2.05) is 19.1 Å². The van der Waals surface area contributed by atoms with Crippen molar-refractivity contribution in [3.63, 3.8) is 0 Å². The number of halogens is 3. The van der Waals surface area contributed by atoms with Crippen LogP contribution in [0, 0.1) is 6.92 Å². The summed E-state index contributed by atoms with van der Waals surface area (Å²) in [4.78, 5) is 4.14. The largest absolute Gasteiger partial charge is 0.573 e. The summed E-state index contributed by atoms with van der Waals surface area (Å²) < 4.78 is 39.8. The number of alkyl halides is 3. The predicted octanol–water partition coefficient (Wildman–Crippen LogP) is 3.90. The van der Waals surface area contributed by atoms with Crippen molar-refractivity contribution in [3.8, 4) is 5.75 Å². The maximum absolute atomic E-state index is 12.0. The number of nitrogens with zero attached hydrogens (tertiary/aromatic N) is 1. The monoisotopic (exact) mass is 282 g/mol. The van der Waals surface area contributed by atoms with E-state index in [0.717, 1.165) is 16.9 Å². The van der Waals surface area contributed by atoms with Gasteiger partial charge in [-0.2, -0.15) is 0 Å². The summed E-state index contributed by atoms with van der Waals surface area (Å²) in [6, 6.07) is 9.49. The van der Waals surface area contributed by atoms with Gasteiger partial charge in [0.15, 0.2) is 0 Å². The second kappa shape index (κ2) is 5.81. The van der Waals surface area contributed by atoms with Crippen LogP contribution in [-0.4, -0.2) is 11.3 Å². The Bertz CT molecular complexity index is 567. The van der Waals surface area contributed by atoms with Gasteiger partial charge in [0.1, 0.15) is 11.6 Å². The maximum Gasteiger partial charge on any atom is 0.573 e. The molecule has 2 rings (SSSR count). The second-order valence-corrected chi connectivity index (χ2v) is 4.26. The van der Waals surface area contributed by atoms with Crippen molar-refractivity contribution >= 4 is 5.82 Å². The highest BCUT2D eigenvalue weighted by Gasteiger charge is 2.30. The highest BCUT2D eigenvalue weighted by Crippen LogP contribution is 2.22. The molecule has 1 aromatic carbocycles. The first-order valence-electron chi connectivity index (χ1n) is 5.93. The lowest BCUT2D eigenvalue weighted by atomic mass is 10.2. The van der Waals surface area contributed by atoms with Crippen LogP contribution in [0.5, 0.6) is 5.75 Å². The lowest BCUT2D eigenvalue weighted by Crippen LogP contribution is -2.17. The highest BCUT2D eigenvalue weighted by molar-refractivity contribution is 5.38. The molecule has 20 heavy (non-hydrogen) atoms. The Kier molecular flexibility index (Phi) is 4.12. The van der Waals surface area contributed by atoms with Crippen LogP contribution in [0.3, 0.4) is 0 Å². The van der Waals surface area contributed by atoms with E-state index in [9.17, 15) is 13.2 Å². The van der Waals surface area contributed by atoms with Gasteiger partial charge in [-0.1, -0.05) is 12.1 Å². The molecule has 3 nitrogen and oxygen atoms in total. The zero-order valence-corrected chi connectivity index (χ0v) is 10.7. The molecule has 0 atom stereocenters. The lowest BCUT2D eigenvalue weighted by molar-refractivity contribution is -0.274. The van der Waals surface area contributed by atoms with Crippen LogP contribution in [0.15, 0.2) is 42.6 Å². The Balaban J connectivity index is 1.94. The Morgan fingerprint density at radius 3 is 2.45 bits per heavy atom. The SMILES string of the molecule is Cc1ccnc(NCc2ccc(OC(F)(F)F)cc2)c1. The highest BCUT2D eigenvalue weighted by atomic mass is 19.4. The minimum absolute atomic E-state index is 0.227. The summed E-state index contributed by atoms with van der Waals surface area (Å²) >= 11 is 0. The first kappa shape index (κ1) is 14.2. The van der Waals surface area contributed by atoms with Gasteiger partial charge >= 0.3 is 6.36 Å². The number of anilines is 1. The number of hydrogen-bond acceptors (Lipinski definition) is 3. The fourth-order valence-electron chi connectivity index (χ4n) is 1.63. The van der Waals surface area contributed by atoms with Crippen molar-refractivity contribution in [1.29, 1.82) is 0 Å². The van der Waals surface area contributed by atoms with Gasteiger partial charge in [0, 0.05) is 12.7 Å². The molecule has 0 spiro atoms. The molecule has 0 fully saturated rings. The Morgan fingerprint density at radius 2 is 1.85 bits per heavy atom. The molecule has 0 aliphatic heterocycles. The third kappa shape index (κ3) is 4.46. The van der Waals surface area contributed by atoms with Crippen molar-refractivity contribution in [1.82, 2.24) is 4.98 Å². The number of benzene rings is 1. The van der Waals surface area contributed by atoms with E-state index in [-0.39, 0.29) is 5.75 Å². The number of aromatic nitrogens is 1. The van der Waals surface area contributed by atoms with E-state index in [4.69, 9.17) is 0 Å². The summed E-state index contributed by atoms with van der Waals surface area (Å²) in [5.41, 5.74) is 1.92. The van der Waals surface area contributed by atoms with Crippen molar-refractivity contribution < 1.29 is 17.9 Å². The molecule has 2 aromatic rings. The molecule has 1 aromatic heterocycles. The van der Waals surface area contributed by atoms with Gasteiger partial charge in [-0.05, 0) is 42.3 Å². The van der Waals surface area contributed by atoms with Gasteiger partial charge in [-0.25, -0.2) is 4.98 Å². The average molecular weight is 282 g/mol. The molecular formula is C14H13F3N2O.